The summed E-state index contributed by atoms with van der Waals surface area (Å²) in [5.41, 5.74) is 1.26. The molecular formula is C11H20O. The van der Waals surface area contributed by atoms with Crippen molar-refractivity contribution in [2.24, 2.45) is 0 Å². The van der Waals surface area contributed by atoms with Crippen LogP contribution in [0.4, 0.5) is 0 Å². The van der Waals surface area contributed by atoms with Gasteiger partial charge in [0.25, 0.3) is 0 Å². The molecule has 1 heteroatoms. The van der Waals surface area contributed by atoms with Crippen molar-refractivity contribution in [2.45, 2.75) is 39.7 Å². The molecular weight excluding hydrogens is 148 g/mol. The fraction of sp³-hybridized carbons (Fsp3) is 0.636. The first kappa shape index (κ1) is 11.4. The van der Waals surface area contributed by atoms with Crippen molar-refractivity contribution in [1.82, 2.24) is 0 Å². The van der Waals surface area contributed by atoms with E-state index < -0.39 is 0 Å². The number of hydrogen-bond acceptors (Lipinski definition) is 1. The van der Waals surface area contributed by atoms with Crippen molar-refractivity contribution < 1.29 is 4.74 Å². The third-order valence-electron chi connectivity index (χ3n) is 2.00. The van der Waals surface area contributed by atoms with Gasteiger partial charge in [-0.15, -0.1) is 0 Å². The highest BCUT2D eigenvalue weighted by Gasteiger charge is 2.12. The fourth-order valence-corrected chi connectivity index (χ4v) is 0.708. The lowest BCUT2D eigenvalue weighted by molar-refractivity contribution is 0.0255. The van der Waals surface area contributed by atoms with Gasteiger partial charge in [0.2, 0.25) is 0 Å². The smallest absolute Gasteiger partial charge is 0.0657 e. The standard InChI is InChI=1S/C11H20O/c1-6-10(2)8-7-9-11(3,4)12-5/h6-8H,9H2,1-5H3. The number of allylic oxidation sites excluding steroid dienone is 3. The molecule has 0 saturated carbocycles. The summed E-state index contributed by atoms with van der Waals surface area (Å²) in [5, 5.41) is 0. The largest absolute Gasteiger partial charge is 0.378 e. The maximum atomic E-state index is 5.28. The van der Waals surface area contributed by atoms with Crippen LogP contribution in [-0.4, -0.2) is 12.7 Å². The van der Waals surface area contributed by atoms with E-state index in [9.17, 15) is 0 Å². The summed E-state index contributed by atoms with van der Waals surface area (Å²) in [6, 6.07) is 0. The first-order valence-electron chi connectivity index (χ1n) is 4.36. The Morgan fingerprint density at radius 1 is 1.42 bits per heavy atom. The van der Waals surface area contributed by atoms with E-state index >= 15 is 0 Å². The monoisotopic (exact) mass is 168 g/mol. The summed E-state index contributed by atoms with van der Waals surface area (Å²) >= 11 is 0. The summed E-state index contributed by atoms with van der Waals surface area (Å²) in [4.78, 5) is 0. The normalized spacial score (nSPS) is 14.2. The van der Waals surface area contributed by atoms with Crippen LogP contribution in [0.3, 0.4) is 0 Å². The first-order valence-corrected chi connectivity index (χ1v) is 4.36. The maximum absolute atomic E-state index is 5.28. The molecule has 0 aliphatic heterocycles. The molecule has 0 fully saturated rings. The van der Waals surface area contributed by atoms with Crippen LogP contribution in [0.5, 0.6) is 0 Å². The minimum Gasteiger partial charge on any atom is -0.378 e. The molecule has 0 N–H and O–H groups in total. The highest BCUT2D eigenvalue weighted by atomic mass is 16.5. The lowest BCUT2D eigenvalue weighted by Gasteiger charge is -2.20. The number of methoxy groups -OCH3 is 1. The van der Waals surface area contributed by atoms with Crippen LogP contribution in [-0.2, 0) is 4.74 Å². The number of hydrogen-bond donors (Lipinski definition) is 0. The van der Waals surface area contributed by atoms with Crippen LogP contribution in [0.15, 0.2) is 23.8 Å². The summed E-state index contributed by atoms with van der Waals surface area (Å²) < 4.78 is 5.28. The topological polar surface area (TPSA) is 9.23 Å². The Bertz CT molecular complexity index is 175. The minimum atomic E-state index is -0.0372. The van der Waals surface area contributed by atoms with Gasteiger partial charge in [0.1, 0.15) is 0 Å². The molecule has 70 valence electrons. The molecule has 1 nitrogen and oxygen atoms in total. The van der Waals surface area contributed by atoms with Gasteiger partial charge in [-0.3, -0.25) is 0 Å². The average Bonchev–Trinajstić information content (AvgIpc) is 2.04. The summed E-state index contributed by atoms with van der Waals surface area (Å²) in [5.74, 6) is 0. The third-order valence-corrected chi connectivity index (χ3v) is 2.00. The highest BCUT2D eigenvalue weighted by Crippen LogP contribution is 2.13. The highest BCUT2D eigenvalue weighted by molar-refractivity contribution is 5.15. The van der Waals surface area contributed by atoms with Gasteiger partial charge < -0.3 is 4.74 Å². The third kappa shape index (κ3) is 5.14. The predicted octanol–water partition coefficient (Wildman–Crippen LogP) is 3.32. The second kappa shape index (κ2) is 5.15. The molecule has 0 aromatic rings. The Hall–Kier alpha value is -0.560. The number of ether oxygens (including phenoxy) is 1. The molecule has 0 aromatic heterocycles. The predicted molar refractivity (Wildman–Crippen MR) is 54.3 cm³/mol. The molecule has 0 saturated heterocycles. The SMILES string of the molecule is CC=C(C)C=CCC(C)(C)OC. The Kier molecular flexibility index (Phi) is 4.91. The van der Waals surface area contributed by atoms with Gasteiger partial charge in [-0.25, -0.2) is 0 Å². The first-order chi connectivity index (χ1) is 5.52. The Morgan fingerprint density at radius 3 is 2.42 bits per heavy atom. The summed E-state index contributed by atoms with van der Waals surface area (Å²) in [7, 11) is 1.75. The molecule has 12 heavy (non-hydrogen) atoms. The van der Waals surface area contributed by atoms with E-state index in [2.05, 4.69) is 39.0 Å². The maximum Gasteiger partial charge on any atom is 0.0657 e. The zero-order chi connectivity index (χ0) is 9.61. The lowest BCUT2D eigenvalue weighted by Crippen LogP contribution is -2.20. The Labute approximate surface area is 76.1 Å². The van der Waals surface area contributed by atoms with Gasteiger partial charge in [-0.2, -0.15) is 0 Å². The average molecular weight is 168 g/mol. The van der Waals surface area contributed by atoms with Gasteiger partial charge in [0.05, 0.1) is 5.60 Å². The van der Waals surface area contributed by atoms with E-state index in [0.29, 0.717) is 0 Å². The molecule has 0 aliphatic rings. The van der Waals surface area contributed by atoms with Crippen molar-refractivity contribution in [2.75, 3.05) is 7.11 Å². The summed E-state index contributed by atoms with van der Waals surface area (Å²) in [6.45, 7) is 8.31. The van der Waals surface area contributed by atoms with Crippen molar-refractivity contribution in [3.8, 4) is 0 Å². The van der Waals surface area contributed by atoms with Crippen molar-refractivity contribution in [3.63, 3.8) is 0 Å². The van der Waals surface area contributed by atoms with Crippen molar-refractivity contribution in [1.29, 1.82) is 0 Å². The van der Waals surface area contributed by atoms with Gasteiger partial charge in [0.15, 0.2) is 0 Å². The van der Waals surface area contributed by atoms with Crippen LogP contribution in [0.1, 0.15) is 34.1 Å². The van der Waals surface area contributed by atoms with E-state index in [-0.39, 0.29) is 5.60 Å². The molecule has 0 bridgehead atoms. The molecule has 0 spiro atoms. The van der Waals surface area contributed by atoms with E-state index in [1.54, 1.807) is 7.11 Å². The van der Waals surface area contributed by atoms with Crippen molar-refractivity contribution in [3.05, 3.63) is 23.8 Å². The molecule has 0 rings (SSSR count). The van der Waals surface area contributed by atoms with E-state index in [4.69, 9.17) is 4.74 Å². The molecule has 0 unspecified atom stereocenters. The fourth-order valence-electron chi connectivity index (χ4n) is 0.708. The number of rotatable bonds is 4. The van der Waals surface area contributed by atoms with Crippen LogP contribution in [0, 0.1) is 0 Å². The van der Waals surface area contributed by atoms with Crippen LogP contribution in [0.25, 0.3) is 0 Å². The Balaban J connectivity index is 3.90. The second-order valence-corrected chi connectivity index (χ2v) is 3.60. The van der Waals surface area contributed by atoms with Crippen molar-refractivity contribution >= 4 is 0 Å². The van der Waals surface area contributed by atoms with Gasteiger partial charge >= 0.3 is 0 Å². The molecule has 0 aromatic carbocycles. The summed E-state index contributed by atoms with van der Waals surface area (Å²) in [6.07, 6.45) is 7.32. The van der Waals surface area contributed by atoms with E-state index in [1.165, 1.54) is 5.57 Å². The van der Waals surface area contributed by atoms with Crippen LogP contribution < -0.4 is 0 Å². The Morgan fingerprint density at radius 2 is 2.00 bits per heavy atom. The van der Waals surface area contributed by atoms with Crippen LogP contribution in [0.2, 0.25) is 0 Å². The van der Waals surface area contributed by atoms with E-state index in [1.807, 2.05) is 6.92 Å². The second-order valence-electron chi connectivity index (χ2n) is 3.60. The van der Waals surface area contributed by atoms with Gasteiger partial charge in [-0.1, -0.05) is 23.8 Å². The van der Waals surface area contributed by atoms with E-state index in [0.717, 1.165) is 6.42 Å². The lowest BCUT2D eigenvalue weighted by atomic mass is 10.0. The minimum absolute atomic E-state index is 0.0372. The molecule has 0 heterocycles. The van der Waals surface area contributed by atoms with Gasteiger partial charge in [0, 0.05) is 7.11 Å². The zero-order valence-corrected chi connectivity index (χ0v) is 8.85. The van der Waals surface area contributed by atoms with Crippen LogP contribution >= 0.6 is 0 Å². The quantitative estimate of drug-likeness (QED) is 0.585. The molecule has 0 aliphatic carbocycles. The van der Waals surface area contributed by atoms with Gasteiger partial charge in [-0.05, 0) is 34.1 Å². The molecule has 0 amide bonds. The molecule has 0 radical (unpaired) electrons. The molecule has 0 atom stereocenters. The zero-order valence-electron chi connectivity index (χ0n) is 8.85.